The Balaban J connectivity index is 2.65. The number of carbonyl (C=O) groups excluding carboxylic acids is 1. The Hall–Kier alpha value is -3.67. The fourth-order valence-electron chi connectivity index (χ4n) is 4.27. The maximum Gasteiger partial charge on any atom is 0.352 e. The van der Waals surface area contributed by atoms with Gasteiger partial charge in [-0.25, -0.2) is 4.79 Å². The molecule has 0 atom stereocenters. The van der Waals surface area contributed by atoms with Crippen molar-refractivity contribution in [3.63, 3.8) is 0 Å². The fraction of sp³-hybridized carbons (Fsp3) is 0.296. The van der Waals surface area contributed by atoms with Gasteiger partial charge in [0.25, 0.3) is 5.56 Å². The molecule has 172 valence electrons. The highest BCUT2D eigenvalue weighted by molar-refractivity contribution is 6.26. The van der Waals surface area contributed by atoms with E-state index in [0.717, 1.165) is 17.5 Å². The Morgan fingerprint density at radius 2 is 1.91 bits per heavy atom. The molecular weight excluding hydrogens is 416 g/mol. The maximum atomic E-state index is 12.7. The highest BCUT2D eigenvalue weighted by atomic mass is 16.4. The molecule has 0 saturated carbocycles. The number of Topliss-reactive ketones (excluding diaryl/α,β-unsaturated/α-hetero) is 1. The zero-order valence-corrected chi connectivity index (χ0v) is 19.9. The molecule has 3 N–H and O–H groups in total. The van der Waals surface area contributed by atoms with E-state index >= 15 is 0 Å². The van der Waals surface area contributed by atoms with Crippen LogP contribution in [0.4, 0.5) is 0 Å². The molecule has 0 aliphatic rings. The maximum absolute atomic E-state index is 12.7. The molecule has 3 rings (SSSR count). The summed E-state index contributed by atoms with van der Waals surface area (Å²) in [6.45, 7) is 11.5. The Labute approximate surface area is 193 Å². The molecule has 2 heterocycles. The number of benzene rings is 1. The van der Waals surface area contributed by atoms with Gasteiger partial charge in [0.1, 0.15) is 5.69 Å². The van der Waals surface area contributed by atoms with E-state index in [1.165, 1.54) is 6.92 Å². The van der Waals surface area contributed by atoms with Crippen molar-refractivity contribution in [1.29, 1.82) is 0 Å². The van der Waals surface area contributed by atoms with E-state index in [-0.39, 0.29) is 22.5 Å². The summed E-state index contributed by atoms with van der Waals surface area (Å²) in [4.78, 5) is 43.4. The molecule has 0 unspecified atom stereocenters. The van der Waals surface area contributed by atoms with E-state index in [0.29, 0.717) is 33.2 Å². The van der Waals surface area contributed by atoms with E-state index in [9.17, 15) is 19.5 Å². The number of hydrogen-bond acceptors (Lipinski definition) is 3. The zero-order chi connectivity index (χ0) is 24.5. The number of fused-ring (bicyclic) bond motifs is 1. The summed E-state index contributed by atoms with van der Waals surface area (Å²) in [7, 11) is 0. The molecule has 0 aliphatic carbocycles. The molecule has 2 aromatic heterocycles. The minimum absolute atomic E-state index is 0.0703. The van der Waals surface area contributed by atoms with Crippen LogP contribution in [0.1, 0.15) is 68.2 Å². The van der Waals surface area contributed by atoms with Crippen LogP contribution >= 0.6 is 0 Å². The third kappa shape index (κ3) is 4.21. The lowest BCUT2D eigenvalue weighted by Crippen LogP contribution is -2.18. The van der Waals surface area contributed by atoms with Gasteiger partial charge in [-0.1, -0.05) is 39.0 Å². The van der Waals surface area contributed by atoms with E-state index in [2.05, 4.69) is 30.7 Å². The summed E-state index contributed by atoms with van der Waals surface area (Å²) >= 11 is 0. The van der Waals surface area contributed by atoms with Gasteiger partial charge >= 0.3 is 5.97 Å². The summed E-state index contributed by atoms with van der Waals surface area (Å²) in [5, 5.41) is 10.7. The summed E-state index contributed by atoms with van der Waals surface area (Å²) in [5.41, 5.74) is 3.53. The quantitative estimate of drug-likeness (QED) is 0.317. The Morgan fingerprint density at radius 3 is 2.45 bits per heavy atom. The molecule has 0 saturated heterocycles. The molecule has 0 bridgehead atoms. The molecular formula is C27H30N2O4. The second kappa shape index (κ2) is 9.06. The number of rotatable bonds is 7. The first-order chi connectivity index (χ1) is 15.5. The molecule has 0 amide bonds. The van der Waals surface area contributed by atoms with E-state index in [4.69, 9.17) is 0 Å². The van der Waals surface area contributed by atoms with Crippen LogP contribution in [-0.2, 0) is 10.2 Å². The molecule has 0 spiro atoms. The SMILES string of the molecule is C/C=C\C=C(/C(C)=O)c1c(C(=O)O)[nH]c2c(-c3ccc[nH]c3=O)cc(C(C)(C)CC)c(C)c12. The number of carboxylic acid groups (broad SMARTS) is 1. The zero-order valence-electron chi connectivity index (χ0n) is 19.9. The fourth-order valence-corrected chi connectivity index (χ4v) is 4.27. The van der Waals surface area contributed by atoms with E-state index in [1.54, 1.807) is 36.6 Å². The number of hydrogen-bond donors (Lipinski definition) is 3. The van der Waals surface area contributed by atoms with Gasteiger partial charge in [-0.05, 0) is 61.9 Å². The van der Waals surface area contributed by atoms with Crippen LogP contribution in [-0.4, -0.2) is 26.8 Å². The van der Waals surface area contributed by atoms with Crippen molar-refractivity contribution < 1.29 is 14.7 Å². The lowest BCUT2D eigenvalue weighted by atomic mass is 9.77. The first-order valence-corrected chi connectivity index (χ1v) is 11.0. The largest absolute Gasteiger partial charge is 0.477 e. The van der Waals surface area contributed by atoms with Crippen molar-refractivity contribution in [1.82, 2.24) is 9.97 Å². The summed E-state index contributed by atoms with van der Waals surface area (Å²) in [6.07, 6.45) is 7.54. The minimum Gasteiger partial charge on any atom is -0.477 e. The number of aromatic amines is 2. The first kappa shape index (κ1) is 24.0. The Morgan fingerprint density at radius 1 is 1.21 bits per heavy atom. The predicted octanol–water partition coefficient (Wildman–Crippen LogP) is 5.77. The van der Waals surface area contributed by atoms with Gasteiger partial charge < -0.3 is 15.1 Å². The average Bonchev–Trinajstić information content (AvgIpc) is 3.16. The van der Waals surface area contributed by atoms with Crippen LogP contribution in [0, 0.1) is 6.92 Å². The van der Waals surface area contributed by atoms with Crippen molar-refractivity contribution in [3.05, 3.63) is 75.4 Å². The van der Waals surface area contributed by atoms with Gasteiger partial charge in [0.2, 0.25) is 0 Å². The molecule has 0 fully saturated rings. The molecule has 6 nitrogen and oxygen atoms in total. The number of carboxylic acids is 1. The van der Waals surface area contributed by atoms with Crippen molar-refractivity contribution >= 4 is 28.2 Å². The van der Waals surface area contributed by atoms with Crippen LogP contribution in [0.3, 0.4) is 0 Å². The van der Waals surface area contributed by atoms with Crippen LogP contribution in [0.25, 0.3) is 27.6 Å². The van der Waals surface area contributed by atoms with Crippen molar-refractivity contribution in [2.24, 2.45) is 0 Å². The first-order valence-electron chi connectivity index (χ1n) is 11.0. The molecule has 3 aromatic rings. The van der Waals surface area contributed by atoms with Gasteiger partial charge in [0.05, 0.1) is 5.52 Å². The number of carbonyl (C=O) groups is 2. The number of allylic oxidation sites excluding steroid dienone is 4. The van der Waals surface area contributed by atoms with Gasteiger partial charge in [0.15, 0.2) is 5.78 Å². The number of ketones is 1. The predicted molar refractivity (Wildman–Crippen MR) is 133 cm³/mol. The van der Waals surface area contributed by atoms with Crippen LogP contribution < -0.4 is 5.56 Å². The number of aromatic nitrogens is 2. The Kier molecular flexibility index (Phi) is 6.58. The van der Waals surface area contributed by atoms with Gasteiger partial charge in [0, 0.05) is 33.8 Å². The van der Waals surface area contributed by atoms with E-state index in [1.807, 2.05) is 19.9 Å². The number of H-pyrrole nitrogens is 2. The number of aryl methyl sites for hydroxylation is 1. The molecule has 0 radical (unpaired) electrons. The monoisotopic (exact) mass is 446 g/mol. The minimum atomic E-state index is -1.17. The van der Waals surface area contributed by atoms with Gasteiger partial charge in [-0.2, -0.15) is 0 Å². The highest BCUT2D eigenvalue weighted by Crippen LogP contribution is 2.42. The van der Waals surface area contributed by atoms with Crippen LogP contribution in [0.2, 0.25) is 0 Å². The third-order valence-corrected chi connectivity index (χ3v) is 6.38. The Bertz CT molecular complexity index is 1370. The van der Waals surface area contributed by atoms with Crippen molar-refractivity contribution in [2.75, 3.05) is 0 Å². The molecule has 0 aliphatic heterocycles. The standard InChI is InChI=1S/C27H30N2O4/c1-7-9-11-17(16(4)30)22-21-15(3)20(27(5,6)8-2)14-19(18-12-10-13-28-25(18)31)23(21)29-24(22)26(32)33/h7,9-14,29H,8H2,1-6H3,(H,28,31)(H,32,33)/b9-7-,17-11+. The normalized spacial score (nSPS) is 12.6. The third-order valence-electron chi connectivity index (χ3n) is 6.38. The number of pyridine rings is 1. The molecule has 33 heavy (non-hydrogen) atoms. The number of nitrogens with one attached hydrogen (secondary N) is 2. The summed E-state index contributed by atoms with van der Waals surface area (Å²) in [5.74, 6) is -1.41. The lowest BCUT2D eigenvalue weighted by molar-refractivity contribution is -0.111. The average molecular weight is 447 g/mol. The van der Waals surface area contributed by atoms with Gasteiger partial charge in [-0.3, -0.25) is 9.59 Å². The van der Waals surface area contributed by atoms with Gasteiger partial charge in [-0.15, -0.1) is 0 Å². The highest BCUT2D eigenvalue weighted by Gasteiger charge is 2.30. The summed E-state index contributed by atoms with van der Waals surface area (Å²) in [6, 6.07) is 5.43. The smallest absolute Gasteiger partial charge is 0.352 e. The lowest BCUT2D eigenvalue weighted by Gasteiger charge is -2.27. The second-order valence-corrected chi connectivity index (χ2v) is 8.84. The second-order valence-electron chi connectivity index (χ2n) is 8.84. The van der Waals surface area contributed by atoms with Crippen molar-refractivity contribution in [3.8, 4) is 11.1 Å². The molecule has 6 heteroatoms. The topological polar surface area (TPSA) is 103 Å². The van der Waals surface area contributed by atoms with Crippen molar-refractivity contribution in [2.45, 2.75) is 53.4 Å². The molecule has 1 aromatic carbocycles. The summed E-state index contributed by atoms with van der Waals surface area (Å²) < 4.78 is 0. The van der Waals surface area contributed by atoms with Crippen LogP contribution in [0.5, 0.6) is 0 Å². The number of aromatic carboxylic acids is 1. The van der Waals surface area contributed by atoms with E-state index < -0.39 is 5.97 Å². The van der Waals surface area contributed by atoms with Crippen LogP contribution in [0.15, 0.2) is 47.4 Å².